The summed E-state index contributed by atoms with van der Waals surface area (Å²) in [5.41, 5.74) is 0. The van der Waals surface area contributed by atoms with Gasteiger partial charge >= 0.3 is 12.0 Å². The molecule has 0 aliphatic carbocycles. The van der Waals surface area contributed by atoms with E-state index >= 15 is 0 Å². The summed E-state index contributed by atoms with van der Waals surface area (Å²) in [6.07, 6.45) is 0.0106. The number of amides is 2. The second-order valence-corrected chi connectivity index (χ2v) is 3.73. The molecule has 0 radical (unpaired) electrons. The lowest BCUT2D eigenvalue weighted by Gasteiger charge is -2.27. The van der Waals surface area contributed by atoms with Crippen LogP contribution in [0.1, 0.15) is 27.2 Å². The number of hydrogen-bond donors (Lipinski definition) is 3. The van der Waals surface area contributed by atoms with Crippen molar-refractivity contribution in [3.05, 3.63) is 0 Å². The summed E-state index contributed by atoms with van der Waals surface area (Å²) >= 11 is 0. The van der Waals surface area contributed by atoms with Crippen molar-refractivity contribution in [2.24, 2.45) is 0 Å². The number of rotatable bonds is 6. The number of carbonyl (C=O) groups is 2. The van der Waals surface area contributed by atoms with E-state index in [1.807, 2.05) is 20.8 Å². The molecule has 0 bridgehead atoms. The van der Waals surface area contributed by atoms with E-state index in [2.05, 4.69) is 5.32 Å². The molecule has 0 fully saturated rings. The van der Waals surface area contributed by atoms with E-state index in [-0.39, 0.29) is 19.1 Å². The second-order valence-electron chi connectivity index (χ2n) is 3.73. The van der Waals surface area contributed by atoms with Gasteiger partial charge in [-0.3, -0.25) is 0 Å². The molecule has 6 nitrogen and oxygen atoms in total. The van der Waals surface area contributed by atoms with Gasteiger partial charge in [0, 0.05) is 25.6 Å². The van der Waals surface area contributed by atoms with Gasteiger partial charge in [-0.1, -0.05) is 0 Å². The molecule has 0 heterocycles. The van der Waals surface area contributed by atoms with Gasteiger partial charge in [0.1, 0.15) is 6.04 Å². The Morgan fingerprint density at radius 1 is 1.38 bits per heavy atom. The number of urea groups is 1. The zero-order valence-corrected chi connectivity index (χ0v) is 9.93. The fraction of sp³-hybridized carbons (Fsp3) is 0.800. The molecular formula is C10H20N2O4. The number of carboxylic acid groups (broad SMARTS) is 1. The molecule has 6 heteroatoms. The van der Waals surface area contributed by atoms with Crippen LogP contribution in [0, 0.1) is 0 Å². The van der Waals surface area contributed by atoms with Gasteiger partial charge in [0.25, 0.3) is 0 Å². The Kier molecular flexibility index (Phi) is 6.48. The molecule has 0 spiro atoms. The van der Waals surface area contributed by atoms with E-state index in [1.54, 1.807) is 0 Å². The Morgan fingerprint density at radius 2 is 1.94 bits per heavy atom. The number of carbonyl (C=O) groups excluding carboxylic acids is 1. The topological polar surface area (TPSA) is 89.9 Å². The van der Waals surface area contributed by atoms with E-state index in [0.717, 1.165) is 0 Å². The van der Waals surface area contributed by atoms with Crippen LogP contribution in [0.3, 0.4) is 0 Å². The maximum Gasteiger partial charge on any atom is 0.326 e. The van der Waals surface area contributed by atoms with Gasteiger partial charge < -0.3 is 20.4 Å². The van der Waals surface area contributed by atoms with Crippen LogP contribution in [0.25, 0.3) is 0 Å². The molecule has 3 N–H and O–H groups in total. The summed E-state index contributed by atoms with van der Waals surface area (Å²) < 4.78 is 0. The lowest BCUT2D eigenvalue weighted by atomic mass is 10.2. The van der Waals surface area contributed by atoms with Crippen LogP contribution < -0.4 is 5.32 Å². The summed E-state index contributed by atoms with van der Waals surface area (Å²) in [7, 11) is 0. The average molecular weight is 232 g/mol. The number of aliphatic carboxylic acids is 1. The molecule has 0 aromatic carbocycles. The molecule has 0 saturated carbocycles. The summed E-state index contributed by atoms with van der Waals surface area (Å²) in [6, 6.07) is -1.45. The molecule has 0 aliphatic rings. The fourth-order valence-electron chi connectivity index (χ4n) is 1.36. The van der Waals surface area contributed by atoms with E-state index in [4.69, 9.17) is 10.2 Å². The smallest absolute Gasteiger partial charge is 0.326 e. The Balaban J connectivity index is 4.43. The molecule has 94 valence electrons. The Labute approximate surface area is 95.2 Å². The second kappa shape index (κ2) is 7.05. The van der Waals surface area contributed by atoms with Crippen LogP contribution in [-0.2, 0) is 4.79 Å². The van der Waals surface area contributed by atoms with Crippen LogP contribution in [0.5, 0.6) is 0 Å². The Hall–Kier alpha value is -1.30. The van der Waals surface area contributed by atoms with Crippen molar-refractivity contribution in [3.63, 3.8) is 0 Å². The van der Waals surface area contributed by atoms with Crippen LogP contribution >= 0.6 is 0 Å². The van der Waals surface area contributed by atoms with E-state index in [0.29, 0.717) is 6.54 Å². The minimum Gasteiger partial charge on any atom is -0.480 e. The molecule has 0 aromatic heterocycles. The fourth-order valence-corrected chi connectivity index (χ4v) is 1.36. The highest BCUT2D eigenvalue weighted by atomic mass is 16.4. The first-order chi connectivity index (χ1) is 7.43. The highest BCUT2D eigenvalue weighted by Crippen LogP contribution is 2.00. The molecule has 1 atom stereocenters. The quantitative estimate of drug-likeness (QED) is 0.613. The monoisotopic (exact) mass is 232 g/mol. The number of nitrogens with zero attached hydrogens (tertiary/aromatic N) is 1. The summed E-state index contributed by atoms with van der Waals surface area (Å²) in [4.78, 5) is 24.0. The maximum atomic E-state index is 11.7. The van der Waals surface area contributed by atoms with Crippen molar-refractivity contribution in [3.8, 4) is 0 Å². The highest BCUT2D eigenvalue weighted by Gasteiger charge is 2.23. The predicted octanol–water partition coefficient (Wildman–Crippen LogP) is 0.262. The third kappa shape index (κ3) is 4.48. The molecule has 0 aromatic rings. The van der Waals surface area contributed by atoms with Gasteiger partial charge in [0.2, 0.25) is 0 Å². The first-order valence-corrected chi connectivity index (χ1v) is 5.34. The van der Waals surface area contributed by atoms with Crippen molar-refractivity contribution in [1.29, 1.82) is 0 Å². The van der Waals surface area contributed by atoms with Gasteiger partial charge in [-0.15, -0.1) is 0 Å². The van der Waals surface area contributed by atoms with E-state index < -0.39 is 18.0 Å². The predicted molar refractivity (Wildman–Crippen MR) is 59.2 cm³/mol. The minimum absolute atomic E-state index is 0.00794. The molecule has 16 heavy (non-hydrogen) atoms. The molecular weight excluding hydrogens is 212 g/mol. The lowest BCUT2D eigenvalue weighted by molar-refractivity contribution is -0.139. The highest BCUT2D eigenvalue weighted by molar-refractivity contribution is 5.82. The van der Waals surface area contributed by atoms with Crippen molar-refractivity contribution in [2.75, 3.05) is 13.2 Å². The summed E-state index contributed by atoms with van der Waals surface area (Å²) in [6.45, 7) is 5.76. The van der Waals surface area contributed by atoms with E-state index in [1.165, 1.54) is 4.90 Å². The third-order valence-electron chi connectivity index (χ3n) is 2.24. The van der Waals surface area contributed by atoms with Crippen molar-refractivity contribution in [1.82, 2.24) is 10.2 Å². The minimum atomic E-state index is -1.14. The number of carboxylic acids is 1. The van der Waals surface area contributed by atoms with Crippen molar-refractivity contribution < 1.29 is 19.8 Å². The average Bonchev–Trinajstić information content (AvgIpc) is 2.17. The molecule has 2 amide bonds. The maximum absolute atomic E-state index is 11.7. The first kappa shape index (κ1) is 14.7. The van der Waals surface area contributed by atoms with Crippen molar-refractivity contribution in [2.45, 2.75) is 39.3 Å². The van der Waals surface area contributed by atoms with Crippen molar-refractivity contribution >= 4 is 12.0 Å². The summed E-state index contributed by atoms with van der Waals surface area (Å²) in [5, 5.41) is 19.9. The van der Waals surface area contributed by atoms with E-state index in [9.17, 15) is 9.59 Å². The van der Waals surface area contributed by atoms with Crippen LogP contribution in [0.15, 0.2) is 0 Å². The van der Waals surface area contributed by atoms with Gasteiger partial charge in [0.05, 0.1) is 0 Å². The largest absolute Gasteiger partial charge is 0.480 e. The SMILES string of the molecule is CCN(C(=O)N[C@@H](CCO)C(=O)O)C(C)C. The Morgan fingerprint density at radius 3 is 2.25 bits per heavy atom. The molecule has 0 rings (SSSR count). The van der Waals surface area contributed by atoms with Gasteiger partial charge in [-0.05, 0) is 20.8 Å². The standard InChI is InChI=1S/C10H20N2O4/c1-4-12(7(2)3)10(16)11-8(5-6-13)9(14)15/h7-8,13H,4-6H2,1-3H3,(H,11,16)(H,14,15)/t8-/m0/s1. The van der Waals surface area contributed by atoms with Crippen LogP contribution in [0.2, 0.25) is 0 Å². The lowest BCUT2D eigenvalue weighted by Crippen LogP contribution is -2.50. The van der Waals surface area contributed by atoms with Crippen LogP contribution in [0.4, 0.5) is 4.79 Å². The normalized spacial score (nSPS) is 12.3. The number of hydrogen-bond acceptors (Lipinski definition) is 3. The number of aliphatic hydroxyl groups excluding tert-OH is 1. The first-order valence-electron chi connectivity index (χ1n) is 5.34. The summed E-state index contributed by atoms with van der Waals surface area (Å²) in [5.74, 6) is -1.14. The van der Waals surface area contributed by atoms with Gasteiger partial charge in [-0.2, -0.15) is 0 Å². The van der Waals surface area contributed by atoms with Crippen LogP contribution in [-0.4, -0.2) is 52.3 Å². The zero-order valence-electron chi connectivity index (χ0n) is 9.93. The molecule has 0 aliphatic heterocycles. The Bertz CT molecular complexity index is 243. The number of aliphatic hydroxyl groups is 1. The molecule has 0 saturated heterocycles. The van der Waals surface area contributed by atoms with Gasteiger partial charge in [-0.25, -0.2) is 9.59 Å². The van der Waals surface area contributed by atoms with Gasteiger partial charge in [0.15, 0.2) is 0 Å². The number of nitrogens with one attached hydrogen (secondary N) is 1. The molecule has 0 unspecified atom stereocenters. The zero-order chi connectivity index (χ0) is 12.7. The third-order valence-corrected chi connectivity index (χ3v) is 2.24.